The lowest BCUT2D eigenvalue weighted by Crippen LogP contribution is -2.34. The standard InChI is InChI=1S/C10H20O4/c1-9(2,12)5-7-8(6-11)14-10(3,4)13-7/h7-8,11-12H,5-6H2,1-4H3/t7?,8-/m0/s1. The highest BCUT2D eigenvalue weighted by molar-refractivity contribution is 4.85. The topological polar surface area (TPSA) is 58.9 Å². The van der Waals surface area contributed by atoms with Crippen LogP contribution in [0.15, 0.2) is 0 Å². The molecular weight excluding hydrogens is 184 g/mol. The molecule has 1 aliphatic rings. The smallest absolute Gasteiger partial charge is 0.163 e. The predicted octanol–water partition coefficient (Wildman–Crippen LogP) is 0.660. The Bertz CT molecular complexity index is 195. The molecule has 4 nitrogen and oxygen atoms in total. The van der Waals surface area contributed by atoms with E-state index in [2.05, 4.69) is 0 Å². The summed E-state index contributed by atoms with van der Waals surface area (Å²) in [6, 6.07) is 0. The Morgan fingerprint density at radius 3 is 2.14 bits per heavy atom. The second-order valence-corrected chi connectivity index (χ2v) is 4.91. The molecule has 84 valence electrons. The summed E-state index contributed by atoms with van der Waals surface area (Å²) in [5, 5.41) is 18.7. The molecule has 0 saturated carbocycles. The molecule has 0 aliphatic carbocycles. The lowest BCUT2D eigenvalue weighted by atomic mass is 9.98. The van der Waals surface area contributed by atoms with Crippen LogP contribution in [0.4, 0.5) is 0 Å². The van der Waals surface area contributed by atoms with Gasteiger partial charge in [-0.3, -0.25) is 0 Å². The van der Waals surface area contributed by atoms with Crippen LogP contribution in [0.1, 0.15) is 34.1 Å². The fourth-order valence-electron chi connectivity index (χ4n) is 1.73. The van der Waals surface area contributed by atoms with E-state index in [0.717, 1.165) is 0 Å². The number of aliphatic hydroxyl groups excluding tert-OH is 1. The van der Waals surface area contributed by atoms with E-state index in [-0.39, 0.29) is 18.8 Å². The molecule has 0 amide bonds. The van der Waals surface area contributed by atoms with Crippen molar-refractivity contribution in [2.45, 2.75) is 57.7 Å². The van der Waals surface area contributed by atoms with E-state index >= 15 is 0 Å². The zero-order chi connectivity index (χ0) is 11.0. The molecule has 0 radical (unpaired) electrons. The summed E-state index contributed by atoms with van der Waals surface area (Å²) >= 11 is 0. The van der Waals surface area contributed by atoms with Crippen LogP contribution < -0.4 is 0 Å². The van der Waals surface area contributed by atoms with Gasteiger partial charge in [0.25, 0.3) is 0 Å². The highest BCUT2D eigenvalue weighted by Gasteiger charge is 2.42. The van der Waals surface area contributed by atoms with E-state index < -0.39 is 11.4 Å². The van der Waals surface area contributed by atoms with Crippen LogP contribution in [0.5, 0.6) is 0 Å². The summed E-state index contributed by atoms with van der Waals surface area (Å²) in [7, 11) is 0. The molecule has 1 saturated heterocycles. The first-order valence-corrected chi connectivity index (χ1v) is 4.92. The minimum absolute atomic E-state index is 0.0792. The third-order valence-electron chi connectivity index (χ3n) is 2.17. The summed E-state index contributed by atoms with van der Waals surface area (Å²) < 4.78 is 11.1. The zero-order valence-electron chi connectivity index (χ0n) is 9.28. The van der Waals surface area contributed by atoms with Gasteiger partial charge in [-0.05, 0) is 27.7 Å². The fraction of sp³-hybridized carbons (Fsp3) is 1.00. The highest BCUT2D eigenvalue weighted by atomic mass is 16.8. The van der Waals surface area contributed by atoms with E-state index in [1.54, 1.807) is 27.7 Å². The number of aliphatic hydroxyl groups is 2. The normalized spacial score (nSPS) is 32.1. The molecule has 1 aliphatic heterocycles. The monoisotopic (exact) mass is 204 g/mol. The van der Waals surface area contributed by atoms with Gasteiger partial charge in [-0.25, -0.2) is 0 Å². The van der Waals surface area contributed by atoms with Crippen molar-refractivity contribution in [3.05, 3.63) is 0 Å². The van der Waals surface area contributed by atoms with E-state index in [1.807, 2.05) is 0 Å². The van der Waals surface area contributed by atoms with Gasteiger partial charge in [0.1, 0.15) is 6.10 Å². The van der Waals surface area contributed by atoms with E-state index in [0.29, 0.717) is 6.42 Å². The molecular formula is C10H20O4. The minimum atomic E-state index is -0.804. The summed E-state index contributed by atoms with van der Waals surface area (Å²) in [6.45, 7) is 6.97. The van der Waals surface area contributed by atoms with Gasteiger partial charge < -0.3 is 19.7 Å². The molecule has 0 aromatic heterocycles. The van der Waals surface area contributed by atoms with Crippen LogP contribution in [0, 0.1) is 0 Å². The van der Waals surface area contributed by atoms with Crippen molar-refractivity contribution < 1.29 is 19.7 Å². The molecule has 4 heteroatoms. The van der Waals surface area contributed by atoms with E-state index in [4.69, 9.17) is 14.6 Å². The van der Waals surface area contributed by atoms with Crippen LogP contribution >= 0.6 is 0 Å². The minimum Gasteiger partial charge on any atom is -0.394 e. The number of rotatable bonds is 3. The van der Waals surface area contributed by atoms with Gasteiger partial charge in [0.15, 0.2) is 5.79 Å². The van der Waals surface area contributed by atoms with Crippen LogP contribution in [-0.2, 0) is 9.47 Å². The Morgan fingerprint density at radius 2 is 1.71 bits per heavy atom. The molecule has 0 aromatic carbocycles. The van der Waals surface area contributed by atoms with Gasteiger partial charge >= 0.3 is 0 Å². The van der Waals surface area contributed by atoms with Crippen molar-refractivity contribution in [2.24, 2.45) is 0 Å². The van der Waals surface area contributed by atoms with Crippen molar-refractivity contribution in [1.29, 1.82) is 0 Å². The Morgan fingerprint density at radius 1 is 1.21 bits per heavy atom. The van der Waals surface area contributed by atoms with Crippen LogP contribution in [0.2, 0.25) is 0 Å². The first-order chi connectivity index (χ1) is 6.23. The molecule has 1 rings (SSSR count). The molecule has 14 heavy (non-hydrogen) atoms. The molecule has 1 fully saturated rings. The zero-order valence-corrected chi connectivity index (χ0v) is 9.28. The van der Waals surface area contributed by atoms with E-state index in [9.17, 15) is 5.11 Å². The summed E-state index contributed by atoms with van der Waals surface area (Å²) in [6.07, 6.45) is -0.117. The molecule has 2 N–H and O–H groups in total. The van der Waals surface area contributed by atoms with Gasteiger partial charge in [-0.15, -0.1) is 0 Å². The lowest BCUT2D eigenvalue weighted by Gasteiger charge is -2.23. The SMILES string of the molecule is CC(C)(O)CC1OC(C)(C)O[C@H]1CO. The average Bonchev–Trinajstić information content (AvgIpc) is 2.21. The third kappa shape index (κ3) is 3.20. The first-order valence-electron chi connectivity index (χ1n) is 4.92. The van der Waals surface area contributed by atoms with Gasteiger partial charge in [0.05, 0.1) is 18.3 Å². The Kier molecular flexibility index (Phi) is 3.21. The molecule has 0 spiro atoms. The second-order valence-electron chi connectivity index (χ2n) is 4.91. The maximum Gasteiger partial charge on any atom is 0.163 e. The molecule has 1 heterocycles. The van der Waals surface area contributed by atoms with E-state index in [1.165, 1.54) is 0 Å². The maximum absolute atomic E-state index is 9.64. The second kappa shape index (κ2) is 3.77. The summed E-state index contributed by atoms with van der Waals surface area (Å²) in [4.78, 5) is 0. The fourth-order valence-corrected chi connectivity index (χ4v) is 1.73. The molecule has 0 bridgehead atoms. The highest BCUT2D eigenvalue weighted by Crippen LogP contribution is 2.32. The third-order valence-corrected chi connectivity index (χ3v) is 2.17. The van der Waals surface area contributed by atoms with Crippen LogP contribution in [0.25, 0.3) is 0 Å². The quantitative estimate of drug-likeness (QED) is 0.709. The molecule has 2 atom stereocenters. The van der Waals surface area contributed by atoms with Crippen LogP contribution in [0.3, 0.4) is 0 Å². The Labute approximate surface area is 84.8 Å². The Hall–Kier alpha value is -0.160. The predicted molar refractivity (Wildman–Crippen MR) is 51.8 cm³/mol. The van der Waals surface area contributed by atoms with Crippen molar-refractivity contribution >= 4 is 0 Å². The van der Waals surface area contributed by atoms with Crippen molar-refractivity contribution in [2.75, 3.05) is 6.61 Å². The maximum atomic E-state index is 9.64. The number of hydrogen-bond donors (Lipinski definition) is 2. The molecule has 1 unspecified atom stereocenters. The van der Waals surface area contributed by atoms with Gasteiger partial charge in [0, 0.05) is 6.42 Å². The van der Waals surface area contributed by atoms with Crippen molar-refractivity contribution in [3.8, 4) is 0 Å². The van der Waals surface area contributed by atoms with Crippen molar-refractivity contribution in [3.63, 3.8) is 0 Å². The molecule has 0 aromatic rings. The van der Waals surface area contributed by atoms with Crippen LogP contribution in [-0.4, -0.2) is 40.4 Å². The Balaban J connectivity index is 2.60. The number of hydrogen-bond acceptors (Lipinski definition) is 4. The lowest BCUT2D eigenvalue weighted by molar-refractivity contribution is -0.152. The van der Waals surface area contributed by atoms with Gasteiger partial charge in [-0.2, -0.15) is 0 Å². The largest absolute Gasteiger partial charge is 0.394 e. The number of ether oxygens (including phenoxy) is 2. The van der Waals surface area contributed by atoms with Gasteiger partial charge in [0.2, 0.25) is 0 Å². The average molecular weight is 204 g/mol. The first kappa shape index (κ1) is 11.9. The summed E-state index contributed by atoms with van der Waals surface area (Å²) in [5.41, 5.74) is -0.804. The van der Waals surface area contributed by atoms with Gasteiger partial charge in [-0.1, -0.05) is 0 Å². The summed E-state index contributed by atoms with van der Waals surface area (Å²) in [5.74, 6) is -0.663. The van der Waals surface area contributed by atoms with Crippen molar-refractivity contribution in [1.82, 2.24) is 0 Å².